The highest BCUT2D eigenvalue weighted by Gasteiger charge is 2.23. The van der Waals surface area contributed by atoms with Gasteiger partial charge in [0.05, 0.1) is 5.75 Å². The number of carbonyl (C=O) groups excluding carboxylic acids is 2. The van der Waals surface area contributed by atoms with Crippen LogP contribution in [-0.4, -0.2) is 69.5 Å². The van der Waals surface area contributed by atoms with Crippen LogP contribution in [0.25, 0.3) is 0 Å². The van der Waals surface area contributed by atoms with Crippen LogP contribution in [0, 0.1) is 11.8 Å². The van der Waals surface area contributed by atoms with Crippen LogP contribution in [0.5, 0.6) is 0 Å². The third-order valence-corrected chi connectivity index (χ3v) is 6.72. The maximum Gasteiger partial charge on any atom is 0.408 e. The minimum atomic E-state index is -3.27. The fraction of sp³-hybridized carbons (Fsp3) is 0.667. The molecule has 0 bridgehead atoms. The van der Waals surface area contributed by atoms with Gasteiger partial charge in [-0.15, -0.1) is 0 Å². The van der Waals surface area contributed by atoms with Crippen molar-refractivity contribution in [3.8, 4) is 0 Å². The Labute approximate surface area is 198 Å². The second kappa shape index (κ2) is 13.5. The largest absolute Gasteiger partial charge is 0.445 e. The number of rotatable bonds is 12. The number of unbranched alkanes of at least 4 members (excludes halogenated alkanes) is 1. The Kier molecular flexibility index (Phi) is 11.1. The maximum atomic E-state index is 12.6. The number of hydrogen-bond donors (Lipinski definition) is 2. The van der Waals surface area contributed by atoms with E-state index in [9.17, 15) is 18.0 Å². The highest BCUT2D eigenvalue weighted by molar-refractivity contribution is 7.90. The van der Waals surface area contributed by atoms with Gasteiger partial charge in [0.25, 0.3) is 0 Å². The molecular weight excluding hydrogens is 442 g/mol. The molecule has 3 unspecified atom stereocenters. The first kappa shape index (κ1) is 27.1. The molecule has 2 rings (SSSR count). The SMILES string of the molecule is CC1CC(C)CN(CCCCNC(=O)C(CCS(C)(=O)=O)NC(=O)OCc2ccccc2)C1. The third-order valence-electron chi connectivity index (χ3n) is 5.74. The van der Waals surface area contributed by atoms with Crippen LogP contribution in [-0.2, 0) is 26.0 Å². The van der Waals surface area contributed by atoms with E-state index in [0.717, 1.165) is 56.1 Å². The molecule has 1 aliphatic heterocycles. The average molecular weight is 482 g/mol. The normalized spacial score (nSPS) is 20.1. The number of alkyl carbamates (subject to hydrolysis) is 1. The highest BCUT2D eigenvalue weighted by atomic mass is 32.2. The number of nitrogens with zero attached hydrogens (tertiary/aromatic N) is 1. The molecule has 1 aromatic rings. The number of nitrogens with one attached hydrogen (secondary N) is 2. The summed E-state index contributed by atoms with van der Waals surface area (Å²) in [6.45, 7) is 8.38. The van der Waals surface area contributed by atoms with Crippen LogP contribution >= 0.6 is 0 Å². The fourth-order valence-electron chi connectivity index (χ4n) is 4.28. The molecule has 33 heavy (non-hydrogen) atoms. The topological polar surface area (TPSA) is 105 Å². The molecule has 0 radical (unpaired) electrons. The number of amides is 2. The summed E-state index contributed by atoms with van der Waals surface area (Å²) < 4.78 is 28.3. The van der Waals surface area contributed by atoms with E-state index in [1.165, 1.54) is 6.42 Å². The fourth-order valence-corrected chi connectivity index (χ4v) is 4.94. The zero-order valence-electron chi connectivity index (χ0n) is 20.1. The number of carbonyl (C=O) groups is 2. The van der Waals surface area contributed by atoms with E-state index in [1.807, 2.05) is 30.3 Å². The summed E-state index contributed by atoms with van der Waals surface area (Å²) in [7, 11) is -3.27. The zero-order valence-corrected chi connectivity index (χ0v) is 20.9. The maximum absolute atomic E-state index is 12.6. The number of ether oxygens (including phenoxy) is 1. The number of hydrogen-bond acceptors (Lipinski definition) is 6. The third kappa shape index (κ3) is 11.5. The predicted molar refractivity (Wildman–Crippen MR) is 130 cm³/mol. The molecule has 186 valence electrons. The molecule has 2 amide bonds. The molecule has 3 atom stereocenters. The van der Waals surface area contributed by atoms with Crippen molar-refractivity contribution in [3.63, 3.8) is 0 Å². The van der Waals surface area contributed by atoms with Crippen molar-refractivity contribution in [2.24, 2.45) is 11.8 Å². The lowest BCUT2D eigenvalue weighted by molar-refractivity contribution is -0.123. The summed E-state index contributed by atoms with van der Waals surface area (Å²) in [5.74, 6) is 0.846. The van der Waals surface area contributed by atoms with Crippen molar-refractivity contribution in [1.29, 1.82) is 0 Å². The Morgan fingerprint density at radius 2 is 1.79 bits per heavy atom. The average Bonchev–Trinajstić information content (AvgIpc) is 2.74. The lowest BCUT2D eigenvalue weighted by Gasteiger charge is -2.34. The van der Waals surface area contributed by atoms with E-state index in [1.54, 1.807) is 0 Å². The van der Waals surface area contributed by atoms with Gasteiger partial charge in [-0.3, -0.25) is 4.79 Å². The van der Waals surface area contributed by atoms with Gasteiger partial charge in [0.15, 0.2) is 0 Å². The summed E-state index contributed by atoms with van der Waals surface area (Å²) in [6, 6.07) is 8.23. The van der Waals surface area contributed by atoms with Gasteiger partial charge in [-0.25, -0.2) is 13.2 Å². The quantitative estimate of drug-likeness (QED) is 0.445. The van der Waals surface area contributed by atoms with Crippen molar-refractivity contribution in [3.05, 3.63) is 35.9 Å². The minimum Gasteiger partial charge on any atom is -0.445 e. The van der Waals surface area contributed by atoms with Gasteiger partial charge in [0, 0.05) is 25.9 Å². The zero-order chi connectivity index (χ0) is 24.3. The molecule has 9 heteroatoms. The highest BCUT2D eigenvalue weighted by Crippen LogP contribution is 2.20. The molecule has 0 spiro atoms. The van der Waals surface area contributed by atoms with E-state index in [-0.39, 0.29) is 18.8 Å². The molecular formula is C24H39N3O5S. The first-order valence-corrected chi connectivity index (χ1v) is 13.8. The molecule has 0 aromatic heterocycles. The van der Waals surface area contributed by atoms with Gasteiger partial charge in [-0.05, 0) is 49.6 Å². The first-order valence-electron chi connectivity index (χ1n) is 11.8. The number of sulfone groups is 1. The summed E-state index contributed by atoms with van der Waals surface area (Å²) in [4.78, 5) is 27.3. The van der Waals surface area contributed by atoms with Crippen LogP contribution in [0.3, 0.4) is 0 Å². The number of likely N-dealkylation sites (tertiary alicyclic amines) is 1. The summed E-state index contributed by atoms with van der Waals surface area (Å²) in [5, 5.41) is 5.35. The molecule has 0 aliphatic carbocycles. The van der Waals surface area contributed by atoms with E-state index < -0.39 is 27.9 Å². The lowest BCUT2D eigenvalue weighted by atomic mass is 9.92. The second-order valence-corrected chi connectivity index (χ2v) is 11.6. The van der Waals surface area contributed by atoms with Crippen LogP contribution in [0.4, 0.5) is 4.79 Å². The monoisotopic (exact) mass is 481 g/mol. The molecule has 1 saturated heterocycles. The second-order valence-electron chi connectivity index (χ2n) is 9.38. The number of benzene rings is 1. The Hall–Kier alpha value is -2.13. The summed E-state index contributed by atoms with van der Waals surface area (Å²) >= 11 is 0. The molecule has 1 heterocycles. The Morgan fingerprint density at radius 1 is 1.12 bits per heavy atom. The standard InChI is InChI=1S/C24H39N3O5S/c1-19-15-20(2)17-27(16-19)13-8-7-12-25-23(28)22(11-14-33(3,30)31)26-24(29)32-18-21-9-5-4-6-10-21/h4-6,9-10,19-20,22H,7-8,11-18H2,1-3H3,(H,25,28)(H,26,29). The predicted octanol–water partition coefficient (Wildman–Crippen LogP) is 2.59. The van der Waals surface area contributed by atoms with Crippen molar-refractivity contribution >= 4 is 21.8 Å². The van der Waals surface area contributed by atoms with Crippen molar-refractivity contribution in [1.82, 2.24) is 15.5 Å². The van der Waals surface area contributed by atoms with Gasteiger partial charge in [-0.2, -0.15) is 0 Å². The van der Waals surface area contributed by atoms with Gasteiger partial charge < -0.3 is 20.3 Å². The first-order chi connectivity index (χ1) is 15.6. The molecule has 1 aliphatic rings. The van der Waals surface area contributed by atoms with Crippen molar-refractivity contribution < 1.29 is 22.7 Å². The Bertz CT molecular complexity index is 837. The van der Waals surface area contributed by atoms with Crippen molar-refractivity contribution in [2.45, 2.75) is 52.2 Å². The van der Waals surface area contributed by atoms with E-state index in [4.69, 9.17) is 4.74 Å². The van der Waals surface area contributed by atoms with Crippen molar-refractivity contribution in [2.75, 3.05) is 38.2 Å². The number of piperidine rings is 1. The lowest BCUT2D eigenvalue weighted by Crippen LogP contribution is -2.48. The van der Waals surface area contributed by atoms with Crippen LogP contribution < -0.4 is 10.6 Å². The molecule has 0 saturated carbocycles. The Morgan fingerprint density at radius 3 is 2.42 bits per heavy atom. The molecule has 1 aromatic carbocycles. The molecule has 1 fully saturated rings. The summed E-state index contributed by atoms with van der Waals surface area (Å²) in [6.07, 6.45) is 3.43. The van der Waals surface area contributed by atoms with Crippen LogP contribution in [0.1, 0.15) is 45.1 Å². The van der Waals surface area contributed by atoms with Gasteiger partial charge >= 0.3 is 6.09 Å². The van der Waals surface area contributed by atoms with E-state index in [0.29, 0.717) is 6.54 Å². The van der Waals surface area contributed by atoms with E-state index in [2.05, 4.69) is 29.4 Å². The summed E-state index contributed by atoms with van der Waals surface area (Å²) in [5.41, 5.74) is 0.822. The van der Waals surface area contributed by atoms with Crippen LogP contribution in [0.2, 0.25) is 0 Å². The van der Waals surface area contributed by atoms with Gasteiger partial charge in [0.2, 0.25) is 5.91 Å². The minimum absolute atomic E-state index is 0.00530. The van der Waals surface area contributed by atoms with E-state index >= 15 is 0 Å². The molecule has 2 N–H and O–H groups in total. The smallest absolute Gasteiger partial charge is 0.408 e. The Balaban J connectivity index is 1.76. The van der Waals surface area contributed by atoms with Gasteiger partial charge in [-0.1, -0.05) is 44.2 Å². The van der Waals surface area contributed by atoms with Crippen LogP contribution in [0.15, 0.2) is 30.3 Å². The van der Waals surface area contributed by atoms with Gasteiger partial charge in [0.1, 0.15) is 22.5 Å². The molecule has 8 nitrogen and oxygen atoms in total.